The zero-order valence-corrected chi connectivity index (χ0v) is 8.04. The zero-order valence-electron chi connectivity index (χ0n) is 6.46. The molecule has 1 rings (SSSR count). The van der Waals surface area contributed by atoms with Gasteiger partial charge in [0.25, 0.3) is 0 Å². The van der Waals surface area contributed by atoms with Gasteiger partial charge >= 0.3 is 0 Å². The Morgan fingerprint density at radius 2 is 2.55 bits per heavy atom. The van der Waals surface area contributed by atoms with Gasteiger partial charge in [0.2, 0.25) is 5.91 Å². The fraction of sp³-hybridized carbons (Fsp3) is 0.857. The number of nitrogens with zero attached hydrogens (tertiary/aromatic N) is 1. The molecule has 1 aliphatic heterocycles. The van der Waals surface area contributed by atoms with Crippen LogP contribution in [0.2, 0.25) is 0 Å². The van der Waals surface area contributed by atoms with E-state index in [1.54, 1.807) is 4.90 Å². The summed E-state index contributed by atoms with van der Waals surface area (Å²) in [4.78, 5) is 13.0. The Kier molecular flexibility index (Phi) is 2.90. The Morgan fingerprint density at radius 1 is 1.91 bits per heavy atom. The van der Waals surface area contributed by atoms with Crippen LogP contribution in [0.25, 0.3) is 0 Å². The molecule has 0 bridgehead atoms. The number of halogens is 1. The van der Waals surface area contributed by atoms with E-state index in [0.29, 0.717) is 0 Å². The summed E-state index contributed by atoms with van der Waals surface area (Å²) in [6.45, 7) is 2.66. The van der Waals surface area contributed by atoms with Gasteiger partial charge in [-0.05, 0) is 13.3 Å². The van der Waals surface area contributed by atoms with Crippen LogP contribution in [0, 0.1) is 0 Å². The molecule has 64 valence electrons. The van der Waals surface area contributed by atoms with E-state index in [9.17, 15) is 4.79 Å². The van der Waals surface area contributed by atoms with E-state index in [0.717, 1.165) is 13.0 Å². The standard InChI is InChI=1S/C7H12BrNO2/c1-5(4-10)9-3-2-6(8)7(9)11/h5-6,10H,2-4H2,1H3. The molecule has 4 heteroatoms. The van der Waals surface area contributed by atoms with Crippen molar-refractivity contribution in [3.8, 4) is 0 Å². The molecule has 0 spiro atoms. The second kappa shape index (κ2) is 3.54. The summed E-state index contributed by atoms with van der Waals surface area (Å²) in [5.74, 6) is 0.103. The number of hydrogen-bond donors (Lipinski definition) is 1. The molecule has 0 aromatic rings. The van der Waals surface area contributed by atoms with Crippen molar-refractivity contribution >= 4 is 21.8 Å². The molecular formula is C7H12BrNO2. The third-order valence-corrected chi connectivity index (χ3v) is 2.82. The summed E-state index contributed by atoms with van der Waals surface area (Å²) in [7, 11) is 0. The third kappa shape index (κ3) is 1.73. The highest BCUT2D eigenvalue weighted by Crippen LogP contribution is 2.20. The average Bonchev–Trinajstić information content (AvgIpc) is 2.32. The van der Waals surface area contributed by atoms with Crippen molar-refractivity contribution in [2.24, 2.45) is 0 Å². The predicted molar refractivity (Wildman–Crippen MR) is 45.6 cm³/mol. The van der Waals surface area contributed by atoms with E-state index in [1.807, 2.05) is 6.92 Å². The quantitative estimate of drug-likeness (QED) is 0.685. The minimum Gasteiger partial charge on any atom is -0.394 e. The van der Waals surface area contributed by atoms with Gasteiger partial charge < -0.3 is 10.0 Å². The molecule has 0 aromatic heterocycles. The number of hydrogen-bond acceptors (Lipinski definition) is 2. The van der Waals surface area contributed by atoms with E-state index in [1.165, 1.54) is 0 Å². The zero-order chi connectivity index (χ0) is 8.43. The molecule has 0 radical (unpaired) electrons. The Bertz CT molecular complexity index is 163. The second-order valence-corrected chi connectivity index (χ2v) is 3.92. The van der Waals surface area contributed by atoms with Crippen molar-refractivity contribution in [1.82, 2.24) is 4.90 Å². The second-order valence-electron chi connectivity index (χ2n) is 2.82. The van der Waals surface area contributed by atoms with Crippen LogP contribution in [0.5, 0.6) is 0 Å². The molecule has 0 saturated carbocycles. The van der Waals surface area contributed by atoms with Crippen molar-refractivity contribution in [1.29, 1.82) is 0 Å². The molecule has 1 aliphatic rings. The number of aliphatic hydroxyl groups is 1. The first-order chi connectivity index (χ1) is 5.16. The number of carbonyl (C=O) groups excluding carboxylic acids is 1. The SMILES string of the molecule is CC(CO)N1CCC(Br)C1=O. The first-order valence-corrected chi connectivity index (χ1v) is 4.63. The fourth-order valence-corrected chi connectivity index (χ4v) is 1.67. The molecule has 2 atom stereocenters. The number of rotatable bonds is 2. The van der Waals surface area contributed by atoms with Crippen LogP contribution in [0.1, 0.15) is 13.3 Å². The molecule has 3 nitrogen and oxygen atoms in total. The number of amides is 1. The van der Waals surface area contributed by atoms with Gasteiger partial charge in [0.15, 0.2) is 0 Å². The summed E-state index contributed by atoms with van der Waals surface area (Å²) >= 11 is 3.27. The Labute approximate surface area is 74.5 Å². The van der Waals surface area contributed by atoms with Gasteiger partial charge in [0.1, 0.15) is 0 Å². The Balaban J connectivity index is 2.54. The van der Waals surface area contributed by atoms with Gasteiger partial charge in [-0.2, -0.15) is 0 Å². The van der Waals surface area contributed by atoms with Crippen molar-refractivity contribution in [2.45, 2.75) is 24.2 Å². The van der Waals surface area contributed by atoms with Gasteiger partial charge in [0, 0.05) is 6.54 Å². The molecule has 11 heavy (non-hydrogen) atoms. The molecule has 1 fully saturated rings. The lowest BCUT2D eigenvalue weighted by Gasteiger charge is -2.21. The minimum atomic E-state index is -0.0370. The lowest BCUT2D eigenvalue weighted by molar-refractivity contribution is -0.129. The molecule has 1 N–H and O–H groups in total. The van der Waals surface area contributed by atoms with Gasteiger partial charge in [-0.1, -0.05) is 15.9 Å². The lowest BCUT2D eigenvalue weighted by atomic mass is 10.3. The lowest BCUT2D eigenvalue weighted by Crippen LogP contribution is -2.37. The Hall–Kier alpha value is -0.0900. The van der Waals surface area contributed by atoms with Crippen LogP contribution < -0.4 is 0 Å². The van der Waals surface area contributed by atoms with Crippen LogP contribution in [-0.2, 0) is 4.79 Å². The van der Waals surface area contributed by atoms with E-state index >= 15 is 0 Å². The van der Waals surface area contributed by atoms with Gasteiger partial charge in [0.05, 0.1) is 17.5 Å². The summed E-state index contributed by atoms with van der Waals surface area (Å²) in [5, 5.41) is 8.79. The van der Waals surface area contributed by atoms with Gasteiger partial charge in [-0.3, -0.25) is 4.79 Å². The van der Waals surface area contributed by atoms with E-state index in [2.05, 4.69) is 15.9 Å². The van der Waals surface area contributed by atoms with Crippen molar-refractivity contribution in [2.75, 3.05) is 13.2 Å². The average molecular weight is 222 g/mol. The van der Waals surface area contributed by atoms with Crippen LogP contribution in [0.4, 0.5) is 0 Å². The normalized spacial score (nSPS) is 27.7. The summed E-state index contributed by atoms with van der Waals surface area (Å²) in [6.07, 6.45) is 0.850. The smallest absolute Gasteiger partial charge is 0.236 e. The van der Waals surface area contributed by atoms with Crippen LogP contribution in [-0.4, -0.2) is 39.9 Å². The summed E-state index contributed by atoms with van der Waals surface area (Å²) in [6, 6.07) is -0.0370. The van der Waals surface area contributed by atoms with E-state index in [-0.39, 0.29) is 23.4 Å². The number of aliphatic hydroxyl groups excluding tert-OH is 1. The highest BCUT2D eigenvalue weighted by molar-refractivity contribution is 9.10. The number of carbonyl (C=O) groups is 1. The van der Waals surface area contributed by atoms with Crippen molar-refractivity contribution in [3.05, 3.63) is 0 Å². The molecule has 0 aromatic carbocycles. The first-order valence-electron chi connectivity index (χ1n) is 3.72. The summed E-state index contributed by atoms with van der Waals surface area (Å²) < 4.78 is 0. The molecule has 1 heterocycles. The predicted octanol–water partition coefficient (Wildman–Crippen LogP) is 0.363. The van der Waals surface area contributed by atoms with Crippen LogP contribution in [0.3, 0.4) is 0 Å². The van der Waals surface area contributed by atoms with Gasteiger partial charge in [-0.15, -0.1) is 0 Å². The number of likely N-dealkylation sites (tertiary alicyclic amines) is 1. The summed E-state index contributed by atoms with van der Waals surface area (Å²) in [5.41, 5.74) is 0. The molecule has 2 unspecified atom stereocenters. The van der Waals surface area contributed by atoms with Crippen molar-refractivity contribution in [3.63, 3.8) is 0 Å². The highest BCUT2D eigenvalue weighted by atomic mass is 79.9. The molecule has 0 aliphatic carbocycles. The van der Waals surface area contributed by atoms with Crippen molar-refractivity contribution < 1.29 is 9.90 Å². The van der Waals surface area contributed by atoms with E-state index in [4.69, 9.17) is 5.11 Å². The first kappa shape index (κ1) is 9.00. The monoisotopic (exact) mass is 221 g/mol. The molecule has 1 saturated heterocycles. The largest absolute Gasteiger partial charge is 0.394 e. The van der Waals surface area contributed by atoms with Crippen LogP contribution >= 0.6 is 15.9 Å². The fourth-order valence-electron chi connectivity index (χ4n) is 1.20. The maximum Gasteiger partial charge on any atom is 0.236 e. The molecular weight excluding hydrogens is 210 g/mol. The third-order valence-electron chi connectivity index (χ3n) is 1.97. The maximum absolute atomic E-state index is 11.3. The number of alkyl halides is 1. The topological polar surface area (TPSA) is 40.5 Å². The minimum absolute atomic E-state index is 0.0310. The Morgan fingerprint density at radius 3 is 2.91 bits per heavy atom. The highest BCUT2D eigenvalue weighted by Gasteiger charge is 2.31. The molecule has 1 amide bonds. The van der Waals surface area contributed by atoms with Crippen LogP contribution in [0.15, 0.2) is 0 Å². The van der Waals surface area contributed by atoms with E-state index < -0.39 is 0 Å². The van der Waals surface area contributed by atoms with Gasteiger partial charge in [-0.25, -0.2) is 0 Å². The maximum atomic E-state index is 11.3.